The number of rotatable bonds is 3. The van der Waals surface area contributed by atoms with E-state index in [2.05, 4.69) is 10.2 Å². The minimum Gasteiger partial charge on any atom is -0.497 e. The molecule has 9 heteroatoms. The molecule has 0 spiro atoms. The summed E-state index contributed by atoms with van der Waals surface area (Å²) >= 11 is 0. The molecule has 1 N–H and O–H groups in total. The lowest BCUT2D eigenvalue weighted by molar-refractivity contribution is -0.167. The number of methoxy groups -OCH3 is 1. The van der Waals surface area contributed by atoms with E-state index in [1.807, 2.05) is 0 Å². The summed E-state index contributed by atoms with van der Waals surface area (Å²) in [6, 6.07) is 11.1. The van der Waals surface area contributed by atoms with Gasteiger partial charge in [0.2, 0.25) is 0 Å². The van der Waals surface area contributed by atoms with Crippen LogP contribution in [0, 0.1) is 0 Å². The summed E-state index contributed by atoms with van der Waals surface area (Å²) in [5.41, 5.74) is 1.49. The highest BCUT2D eigenvalue weighted by Crippen LogP contribution is 2.21. The Kier molecular flexibility index (Phi) is 3.84. The molecule has 24 heavy (non-hydrogen) atoms. The van der Waals surface area contributed by atoms with Gasteiger partial charge in [0.15, 0.2) is 0 Å². The van der Waals surface area contributed by atoms with Gasteiger partial charge in [-0.3, -0.25) is 4.79 Å². The first-order chi connectivity index (χ1) is 11.4. The molecule has 0 atom stereocenters. The topological polar surface area (TPSA) is 69.0 Å². The zero-order valence-corrected chi connectivity index (χ0v) is 12.3. The first kappa shape index (κ1) is 15.8. The molecular weight excluding hydrogens is 325 g/mol. The van der Waals surface area contributed by atoms with E-state index >= 15 is 0 Å². The fourth-order valence-corrected chi connectivity index (χ4v) is 2.03. The Labute approximate surface area is 133 Å². The van der Waals surface area contributed by atoms with Gasteiger partial charge in [0, 0.05) is 5.69 Å². The summed E-state index contributed by atoms with van der Waals surface area (Å²) in [5, 5.41) is 10.2. The average molecular weight is 336 g/mol. The van der Waals surface area contributed by atoms with Crippen LogP contribution in [0.1, 0.15) is 0 Å². The molecule has 124 valence electrons. The van der Waals surface area contributed by atoms with Crippen LogP contribution in [0.3, 0.4) is 0 Å². The van der Waals surface area contributed by atoms with Gasteiger partial charge in [-0.25, -0.2) is 0 Å². The number of benzene rings is 2. The Morgan fingerprint density at radius 1 is 1.08 bits per heavy atom. The number of fused-ring (bicyclic) bond motifs is 1. The fraction of sp³-hybridized carbons (Fsp3) is 0.133. The molecule has 3 aromatic rings. The maximum Gasteiger partial charge on any atom is 0.471 e. The molecule has 0 unspecified atom stereocenters. The van der Waals surface area contributed by atoms with Crippen molar-refractivity contribution in [2.24, 2.45) is 0 Å². The molecule has 2 aromatic carbocycles. The second kappa shape index (κ2) is 5.84. The number of nitrogens with one attached hydrogen (secondary N) is 1. The zero-order valence-electron chi connectivity index (χ0n) is 12.3. The van der Waals surface area contributed by atoms with Crippen molar-refractivity contribution in [2.45, 2.75) is 6.18 Å². The zero-order chi connectivity index (χ0) is 17.3. The van der Waals surface area contributed by atoms with Crippen LogP contribution in [-0.4, -0.2) is 34.2 Å². The van der Waals surface area contributed by atoms with E-state index in [1.165, 1.54) is 23.0 Å². The maximum atomic E-state index is 12.3. The van der Waals surface area contributed by atoms with E-state index in [1.54, 1.807) is 36.7 Å². The van der Waals surface area contributed by atoms with Gasteiger partial charge in [-0.15, -0.1) is 10.2 Å². The lowest BCUT2D eigenvalue weighted by Gasteiger charge is -2.07. The number of amides is 1. The summed E-state index contributed by atoms with van der Waals surface area (Å²) in [6.07, 6.45) is -4.95. The van der Waals surface area contributed by atoms with Crippen molar-refractivity contribution in [1.82, 2.24) is 15.0 Å². The average Bonchev–Trinajstić information content (AvgIpc) is 2.97. The van der Waals surface area contributed by atoms with Crippen LogP contribution in [-0.2, 0) is 4.79 Å². The molecule has 0 aliphatic heterocycles. The van der Waals surface area contributed by atoms with Crippen molar-refractivity contribution in [3.05, 3.63) is 42.5 Å². The second-order valence-corrected chi connectivity index (χ2v) is 4.84. The van der Waals surface area contributed by atoms with Crippen LogP contribution in [0.15, 0.2) is 42.5 Å². The van der Waals surface area contributed by atoms with Gasteiger partial charge in [-0.2, -0.15) is 18.0 Å². The monoisotopic (exact) mass is 336 g/mol. The fourth-order valence-electron chi connectivity index (χ4n) is 2.03. The molecule has 0 saturated carbocycles. The third-order valence-electron chi connectivity index (χ3n) is 3.20. The minimum absolute atomic E-state index is 0.00777. The number of carbonyl (C=O) groups excluding carboxylic acids is 1. The number of hydrogen-bond donors (Lipinski definition) is 1. The number of hydrogen-bond acceptors (Lipinski definition) is 4. The lowest BCUT2D eigenvalue weighted by atomic mass is 10.2. The third-order valence-corrected chi connectivity index (χ3v) is 3.20. The molecule has 0 fully saturated rings. The highest BCUT2D eigenvalue weighted by molar-refractivity contribution is 5.96. The molecule has 6 nitrogen and oxygen atoms in total. The van der Waals surface area contributed by atoms with Gasteiger partial charge in [0.1, 0.15) is 16.8 Å². The molecular formula is C15H11F3N4O2. The van der Waals surface area contributed by atoms with Crippen LogP contribution in [0.5, 0.6) is 5.75 Å². The number of aromatic nitrogens is 3. The Morgan fingerprint density at radius 2 is 1.75 bits per heavy atom. The van der Waals surface area contributed by atoms with E-state index in [-0.39, 0.29) is 5.69 Å². The minimum atomic E-state index is -4.95. The third kappa shape index (κ3) is 3.14. The molecule has 0 bridgehead atoms. The molecule has 3 rings (SSSR count). The van der Waals surface area contributed by atoms with Crippen molar-refractivity contribution >= 4 is 22.6 Å². The van der Waals surface area contributed by atoms with Crippen LogP contribution >= 0.6 is 0 Å². The lowest BCUT2D eigenvalue weighted by Crippen LogP contribution is -2.29. The van der Waals surface area contributed by atoms with Gasteiger partial charge < -0.3 is 10.1 Å². The standard InChI is InChI=1S/C15H11F3N4O2/c1-24-11-5-3-10(4-6-11)22-20-12-7-2-9(8-13(12)21-22)19-14(23)15(16,17)18/h2-8H,1H3,(H,19,23). The highest BCUT2D eigenvalue weighted by atomic mass is 19.4. The largest absolute Gasteiger partial charge is 0.497 e. The molecule has 1 aromatic heterocycles. The number of anilines is 1. The maximum absolute atomic E-state index is 12.3. The summed E-state index contributed by atoms with van der Waals surface area (Å²) in [4.78, 5) is 12.3. The normalized spacial score (nSPS) is 11.5. The smallest absolute Gasteiger partial charge is 0.471 e. The predicted octanol–water partition coefficient (Wildman–Crippen LogP) is 2.93. The Balaban J connectivity index is 1.89. The predicted molar refractivity (Wildman–Crippen MR) is 80.1 cm³/mol. The molecule has 0 saturated heterocycles. The summed E-state index contributed by atoms with van der Waals surface area (Å²) in [5.74, 6) is -1.36. The van der Waals surface area contributed by atoms with Gasteiger partial charge in [-0.1, -0.05) is 0 Å². The highest BCUT2D eigenvalue weighted by Gasteiger charge is 2.38. The van der Waals surface area contributed by atoms with E-state index in [0.29, 0.717) is 22.5 Å². The molecule has 0 aliphatic rings. The quantitative estimate of drug-likeness (QED) is 0.798. The van der Waals surface area contributed by atoms with Crippen molar-refractivity contribution in [3.8, 4) is 11.4 Å². The van der Waals surface area contributed by atoms with E-state index in [9.17, 15) is 18.0 Å². The molecule has 0 radical (unpaired) electrons. The SMILES string of the molecule is COc1ccc(-n2nc3ccc(NC(=O)C(F)(F)F)cc3n2)cc1. The number of nitrogens with zero attached hydrogens (tertiary/aromatic N) is 3. The van der Waals surface area contributed by atoms with Crippen LogP contribution in [0.4, 0.5) is 18.9 Å². The van der Waals surface area contributed by atoms with E-state index in [0.717, 1.165) is 0 Å². The van der Waals surface area contributed by atoms with Crippen LogP contribution in [0.2, 0.25) is 0 Å². The van der Waals surface area contributed by atoms with Gasteiger partial charge in [-0.05, 0) is 42.5 Å². The van der Waals surface area contributed by atoms with Crippen molar-refractivity contribution in [2.75, 3.05) is 12.4 Å². The number of carbonyl (C=O) groups is 1. The van der Waals surface area contributed by atoms with Crippen molar-refractivity contribution < 1.29 is 22.7 Å². The van der Waals surface area contributed by atoms with Crippen LogP contribution < -0.4 is 10.1 Å². The Bertz CT molecular complexity index is 888. The first-order valence-electron chi connectivity index (χ1n) is 6.76. The molecule has 1 amide bonds. The summed E-state index contributed by atoms with van der Waals surface area (Å²) < 4.78 is 41.9. The number of ether oxygens (including phenoxy) is 1. The molecule has 0 aliphatic carbocycles. The van der Waals surface area contributed by atoms with Crippen LogP contribution in [0.25, 0.3) is 16.7 Å². The Morgan fingerprint density at radius 3 is 2.38 bits per heavy atom. The molecule has 1 heterocycles. The first-order valence-corrected chi connectivity index (χ1v) is 6.76. The van der Waals surface area contributed by atoms with Gasteiger partial charge in [0.05, 0.1) is 12.8 Å². The number of alkyl halides is 3. The van der Waals surface area contributed by atoms with Crippen molar-refractivity contribution in [3.63, 3.8) is 0 Å². The van der Waals surface area contributed by atoms with Gasteiger partial charge >= 0.3 is 12.1 Å². The van der Waals surface area contributed by atoms with Gasteiger partial charge in [0.25, 0.3) is 0 Å². The van der Waals surface area contributed by atoms with E-state index < -0.39 is 12.1 Å². The Hall–Kier alpha value is -3.10. The van der Waals surface area contributed by atoms with Crippen molar-refractivity contribution in [1.29, 1.82) is 0 Å². The summed E-state index contributed by atoms with van der Waals surface area (Å²) in [7, 11) is 1.55. The number of halogens is 3. The summed E-state index contributed by atoms with van der Waals surface area (Å²) in [6.45, 7) is 0. The van der Waals surface area contributed by atoms with E-state index in [4.69, 9.17) is 4.74 Å². The second-order valence-electron chi connectivity index (χ2n) is 4.84.